The van der Waals surface area contributed by atoms with Crippen molar-refractivity contribution in [3.63, 3.8) is 0 Å². The van der Waals surface area contributed by atoms with Crippen LogP contribution in [0.3, 0.4) is 0 Å². The summed E-state index contributed by atoms with van der Waals surface area (Å²) in [6.45, 7) is 17.0. The highest BCUT2D eigenvalue weighted by Gasteiger charge is 2.66. The lowest BCUT2D eigenvalue weighted by Gasteiger charge is -2.25. The molecule has 5 heteroatoms. The van der Waals surface area contributed by atoms with E-state index in [1.807, 2.05) is 11.3 Å². The van der Waals surface area contributed by atoms with Crippen LogP contribution in [0.4, 0.5) is 11.4 Å². The molecule has 4 aliphatic heterocycles. The third-order valence-corrected chi connectivity index (χ3v) is 11.9. The lowest BCUT2D eigenvalue weighted by atomic mass is 10.1. The molecule has 35 heavy (non-hydrogen) atoms. The van der Waals surface area contributed by atoms with Gasteiger partial charge >= 0.3 is 0 Å². The molecule has 0 radical (unpaired) electrons. The maximum absolute atomic E-state index is 5.31. The number of anilines is 2. The van der Waals surface area contributed by atoms with Gasteiger partial charge in [-0.05, 0) is 59.8 Å². The molecule has 0 amide bonds. The van der Waals surface area contributed by atoms with Crippen LogP contribution in [0.1, 0.15) is 40.5 Å². The molecule has 0 aromatic heterocycles. The standard InChI is InChI=1S/C30H37N4S/c1-29(2)20-14-33(15-21(20)29)19-11-25(34-16-22-23(17-34)30(22,3)4)28-27(13-19)35-26-12-18(7-8-24(26)31-28)32-9-5-6-10-32/h7-8,11-13,20-23H,5-6,9-10,14-17H2,1-4H3/q+1. The summed E-state index contributed by atoms with van der Waals surface area (Å²) >= 11 is 1.95. The second kappa shape index (κ2) is 6.79. The zero-order chi connectivity index (χ0) is 23.7. The Labute approximate surface area is 212 Å². The molecule has 182 valence electrons. The summed E-state index contributed by atoms with van der Waals surface area (Å²) in [4.78, 5) is 11.9. The van der Waals surface area contributed by atoms with Crippen molar-refractivity contribution in [3.05, 3.63) is 35.7 Å². The maximum Gasteiger partial charge on any atom is 0.229 e. The maximum atomic E-state index is 5.31. The fourth-order valence-electron chi connectivity index (χ4n) is 7.95. The molecule has 4 unspecified atom stereocenters. The van der Waals surface area contributed by atoms with Gasteiger partial charge in [-0.2, -0.15) is 0 Å². The molecule has 7 aliphatic rings. The third kappa shape index (κ3) is 2.97. The van der Waals surface area contributed by atoms with Gasteiger partial charge in [0, 0.05) is 55.5 Å². The highest BCUT2D eigenvalue weighted by atomic mass is 32.1. The number of hydrogen-bond acceptors (Lipinski definition) is 4. The van der Waals surface area contributed by atoms with Gasteiger partial charge in [0.15, 0.2) is 5.69 Å². The largest absolute Gasteiger partial charge is 0.371 e. The van der Waals surface area contributed by atoms with Crippen LogP contribution in [0, 0.1) is 34.5 Å². The van der Waals surface area contributed by atoms with Gasteiger partial charge in [-0.3, -0.25) is 0 Å². The second-order valence-corrected chi connectivity index (χ2v) is 14.3. The zero-order valence-electron chi connectivity index (χ0n) is 21.6. The van der Waals surface area contributed by atoms with Crippen molar-refractivity contribution in [1.82, 2.24) is 9.56 Å². The van der Waals surface area contributed by atoms with Crippen molar-refractivity contribution in [2.24, 2.45) is 34.5 Å². The summed E-state index contributed by atoms with van der Waals surface area (Å²) in [5.74, 6) is 3.41. The van der Waals surface area contributed by atoms with Crippen LogP contribution in [-0.4, -0.2) is 44.3 Å². The topological polar surface area (TPSA) is 22.4 Å². The van der Waals surface area contributed by atoms with E-state index in [-0.39, 0.29) is 0 Å². The molecule has 3 aliphatic carbocycles. The molecule has 3 saturated heterocycles. The van der Waals surface area contributed by atoms with Gasteiger partial charge in [-0.1, -0.05) is 27.7 Å². The van der Waals surface area contributed by atoms with E-state index >= 15 is 0 Å². The van der Waals surface area contributed by atoms with Gasteiger partial charge in [-0.15, -0.1) is 11.3 Å². The van der Waals surface area contributed by atoms with Crippen molar-refractivity contribution in [3.8, 4) is 10.6 Å². The molecule has 0 bridgehead atoms. The molecule has 2 saturated carbocycles. The molecule has 1 aromatic rings. The van der Waals surface area contributed by atoms with E-state index in [9.17, 15) is 0 Å². The van der Waals surface area contributed by atoms with Crippen molar-refractivity contribution >= 4 is 32.9 Å². The summed E-state index contributed by atoms with van der Waals surface area (Å²) in [6, 6.07) is 11.9. The van der Waals surface area contributed by atoms with E-state index in [2.05, 4.69) is 72.4 Å². The summed E-state index contributed by atoms with van der Waals surface area (Å²) in [5, 5.41) is 1.38. The second-order valence-electron chi connectivity index (χ2n) is 13.3. The molecular weight excluding hydrogens is 448 g/mol. The number of benzene rings is 2. The van der Waals surface area contributed by atoms with Crippen LogP contribution in [0.2, 0.25) is 0 Å². The average Bonchev–Trinajstić information content (AvgIpc) is 3.40. The number of piperidine rings is 2. The van der Waals surface area contributed by atoms with Crippen LogP contribution in [0.25, 0.3) is 20.8 Å². The molecule has 5 fully saturated rings. The van der Waals surface area contributed by atoms with Crippen molar-refractivity contribution in [2.45, 2.75) is 40.5 Å². The first kappa shape index (κ1) is 21.0. The zero-order valence-corrected chi connectivity index (χ0v) is 22.4. The van der Waals surface area contributed by atoms with Gasteiger partial charge in [0.2, 0.25) is 5.36 Å². The fourth-order valence-corrected chi connectivity index (χ4v) is 9.01. The van der Waals surface area contributed by atoms with Gasteiger partial charge in [-0.25, -0.2) is 9.56 Å². The van der Waals surface area contributed by atoms with Crippen molar-refractivity contribution in [2.75, 3.05) is 49.1 Å². The Kier molecular flexibility index (Phi) is 4.07. The van der Waals surface area contributed by atoms with Crippen LogP contribution in [-0.2, 0) is 0 Å². The van der Waals surface area contributed by atoms with Crippen molar-refractivity contribution in [1.29, 1.82) is 0 Å². The number of fused-ring (bicyclic) bond motifs is 4. The number of hydrogen-bond donors (Lipinski definition) is 0. The number of nitrogens with zero attached hydrogens (tertiary/aromatic N) is 4. The Bertz CT molecular complexity index is 1380. The Morgan fingerprint density at radius 1 is 0.829 bits per heavy atom. The van der Waals surface area contributed by atoms with Crippen LogP contribution < -0.4 is 19.7 Å². The highest BCUT2D eigenvalue weighted by Crippen LogP contribution is 2.62. The highest BCUT2D eigenvalue weighted by molar-refractivity contribution is 7.21. The molecule has 8 rings (SSSR count). The molecule has 4 atom stereocenters. The molecule has 4 nitrogen and oxygen atoms in total. The summed E-state index contributed by atoms with van der Waals surface area (Å²) in [6.07, 6.45) is 2.63. The first-order valence-electron chi connectivity index (χ1n) is 13.8. The fraction of sp³-hybridized carbons (Fsp3) is 0.600. The smallest absolute Gasteiger partial charge is 0.229 e. The van der Waals surface area contributed by atoms with Gasteiger partial charge in [0.25, 0.3) is 0 Å². The summed E-state index contributed by atoms with van der Waals surface area (Å²) in [5.41, 5.74) is 6.22. The van der Waals surface area contributed by atoms with Crippen LogP contribution in [0.5, 0.6) is 0 Å². The average molecular weight is 486 g/mol. The predicted octanol–water partition coefficient (Wildman–Crippen LogP) is 5.15. The minimum absolute atomic E-state index is 0.528. The van der Waals surface area contributed by atoms with Gasteiger partial charge in [0.1, 0.15) is 13.1 Å². The molecular formula is C30H37N4S+. The molecule has 4 heterocycles. The molecule has 0 spiro atoms. The first-order valence-corrected chi connectivity index (χ1v) is 14.6. The van der Waals surface area contributed by atoms with Gasteiger partial charge < -0.3 is 9.80 Å². The third-order valence-electron chi connectivity index (χ3n) is 10.9. The normalized spacial score (nSPS) is 31.9. The quantitative estimate of drug-likeness (QED) is 0.370. The Morgan fingerprint density at radius 3 is 2.23 bits per heavy atom. The minimum Gasteiger partial charge on any atom is -0.371 e. The monoisotopic (exact) mass is 485 g/mol. The van der Waals surface area contributed by atoms with E-state index in [1.54, 1.807) is 0 Å². The lowest BCUT2D eigenvalue weighted by Crippen LogP contribution is -2.35. The van der Waals surface area contributed by atoms with E-state index in [0.717, 1.165) is 29.2 Å². The Morgan fingerprint density at radius 2 is 1.51 bits per heavy atom. The molecule has 0 N–H and O–H groups in total. The van der Waals surface area contributed by atoms with E-state index in [1.165, 1.54) is 84.1 Å². The van der Waals surface area contributed by atoms with Crippen LogP contribution >= 0.6 is 11.3 Å². The Hall–Kier alpha value is -2.14. The first-order chi connectivity index (χ1) is 16.8. The van der Waals surface area contributed by atoms with Crippen LogP contribution in [0.15, 0.2) is 30.3 Å². The van der Waals surface area contributed by atoms with Gasteiger partial charge in [0.05, 0.1) is 15.1 Å². The van der Waals surface area contributed by atoms with E-state index < -0.39 is 0 Å². The minimum atomic E-state index is 0.528. The number of aromatic nitrogens is 1. The lowest BCUT2D eigenvalue weighted by molar-refractivity contribution is 0.439. The summed E-state index contributed by atoms with van der Waals surface area (Å²) in [7, 11) is 0. The molecule has 1 aromatic carbocycles. The number of rotatable bonds is 2. The predicted molar refractivity (Wildman–Crippen MR) is 146 cm³/mol. The van der Waals surface area contributed by atoms with Crippen molar-refractivity contribution < 1.29 is 0 Å². The van der Waals surface area contributed by atoms with E-state index in [4.69, 9.17) is 4.98 Å². The SMILES string of the molecule is CC1(C)C2CN(c3cc4sc5cc(N6CCCC6)ccc5nc-4c(=[N+]4CC5C(C4)C5(C)C)c3)CC21. The van der Waals surface area contributed by atoms with E-state index in [0.29, 0.717) is 10.8 Å². The summed E-state index contributed by atoms with van der Waals surface area (Å²) < 4.78 is 3.98. The Balaban J connectivity index is 1.27.